The first-order chi connectivity index (χ1) is 9.81. The molecule has 0 aromatic carbocycles. The van der Waals surface area contributed by atoms with Gasteiger partial charge in [0.1, 0.15) is 0 Å². The highest BCUT2D eigenvalue weighted by Gasteiger charge is 2.37. The van der Waals surface area contributed by atoms with Crippen molar-refractivity contribution >= 4 is 0 Å². The molecular formula is C17H32N2O. The zero-order chi connectivity index (χ0) is 13.8. The van der Waals surface area contributed by atoms with Gasteiger partial charge in [0, 0.05) is 32.8 Å². The summed E-state index contributed by atoms with van der Waals surface area (Å²) in [4.78, 5) is 2.79. The summed E-state index contributed by atoms with van der Waals surface area (Å²) < 4.78 is 5.60. The van der Waals surface area contributed by atoms with Crippen molar-refractivity contribution in [2.75, 3.05) is 46.4 Å². The largest absolute Gasteiger partial charge is 0.381 e. The molecule has 3 aliphatic rings. The summed E-state index contributed by atoms with van der Waals surface area (Å²) in [6.07, 6.45) is 9.89. The summed E-state index contributed by atoms with van der Waals surface area (Å²) in [6, 6.07) is 0. The van der Waals surface area contributed by atoms with Crippen LogP contribution in [0.4, 0.5) is 0 Å². The van der Waals surface area contributed by atoms with Crippen LogP contribution in [0.5, 0.6) is 0 Å². The number of likely N-dealkylation sites (tertiary alicyclic amines) is 1. The summed E-state index contributed by atoms with van der Waals surface area (Å²) in [5.74, 6) is 2.05. The van der Waals surface area contributed by atoms with Crippen molar-refractivity contribution in [3.63, 3.8) is 0 Å². The van der Waals surface area contributed by atoms with Crippen LogP contribution in [0.2, 0.25) is 0 Å². The summed E-state index contributed by atoms with van der Waals surface area (Å²) in [7, 11) is 2.10. The number of hydrogen-bond acceptors (Lipinski definition) is 3. The molecule has 0 radical (unpaired) electrons. The Morgan fingerprint density at radius 3 is 2.60 bits per heavy atom. The van der Waals surface area contributed by atoms with Gasteiger partial charge in [0.25, 0.3) is 0 Å². The van der Waals surface area contributed by atoms with Gasteiger partial charge < -0.3 is 15.0 Å². The van der Waals surface area contributed by atoms with Crippen molar-refractivity contribution in [2.45, 2.75) is 44.9 Å². The van der Waals surface area contributed by atoms with Crippen molar-refractivity contribution in [2.24, 2.45) is 17.3 Å². The van der Waals surface area contributed by atoms with Gasteiger partial charge in [0.15, 0.2) is 0 Å². The third-order valence-corrected chi connectivity index (χ3v) is 6.04. The Bertz CT molecular complexity index is 296. The van der Waals surface area contributed by atoms with Gasteiger partial charge in [-0.25, -0.2) is 0 Å². The molecule has 2 saturated heterocycles. The minimum atomic E-state index is 0.467. The Labute approximate surface area is 124 Å². The van der Waals surface area contributed by atoms with Gasteiger partial charge in [-0.3, -0.25) is 0 Å². The van der Waals surface area contributed by atoms with Crippen molar-refractivity contribution < 1.29 is 4.74 Å². The number of nitrogens with one attached hydrogen (secondary N) is 1. The van der Waals surface area contributed by atoms with Crippen molar-refractivity contribution in [3.8, 4) is 0 Å². The fraction of sp³-hybridized carbons (Fsp3) is 1.00. The topological polar surface area (TPSA) is 24.5 Å². The van der Waals surface area contributed by atoms with Gasteiger partial charge in [0.05, 0.1) is 0 Å². The Hall–Kier alpha value is -0.120. The molecule has 2 atom stereocenters. The Morgan fingerprint density at radius 2 is 1.85 bits per heavy atom. The fourth-order valence-corrected chi connectivity index (χ4v) is 4.86. The third kappa shape index (κ3) is 3.37. The van der Waals surface area contributed by atoms with Crippen LogP contribution >= 0.6 is 0 Å². The minimum absolute atomic E-state index is 0.467. The molecule has 1 N–H and O–H groups in total. The SMILES string of the molecule is CNCC1(CN2CCC3CCCCC3C2)CCOCC1. The lowest BCUT2D eigenvalue weighted by molar-refractivity contribution is -0.0188. The molecule has 2 aliphatic heterocycles. The van der Waals surface area contributed by atoms with Gasteiger partial charge in [-0.1, -0.05) is 19.3 Å². The lowest BCUT2D eigenvalue weighted by Gasteiger charge is -2.46. The highest BCUT2D eigenvalue weighted by atomic mass is 16.5. The first-order valence-corrected chi connectivity index (χ1v) is 8.76. The number of piperidine rings is 1. The Morgan fingerprint density at radius 1 is 1.10 bits per heavy atom. The molecule has 2 heterocycles. The first kappa shape index (κ1) is 14.8. The molecule has 3 rings (SSSR count). The van der Waals surface area contributed by atoms with Gasteiger partial charge in [-0.05, 0) is 56.5 Å². The van der Waals surface area contributed by atoms with Crippen LogP contribution in [0, 0.1) is 17.3 Å². The molecule has 0 aromatic heterocycles. The van der Waals surface area contributed by atoms with E-state index in [1.54, 1.807) is 0 Å². The van der Waals surface area contributed by atoms with Crippen LogP contribution < -0.4 is 5.32 Å². The summed E-state index contributed by atoms with van der Waals surface area (Å²) in [5, 5.41) is 3.44. The number of fused-ring (bicyclic) bond motifs is 1. The molecule has 3 fully saturated rings. The average Bonchev–Trinajstić information content (AvgIpc) is 2.48. The monoisotopic (exact) mass is 280 g/mol. The molecule has 2 unspecified atom stereocenters. The standard InChI is InChI=1S/C17H32N2O/c1-18-13-17(7-10-20-11-8-17)14-19-9-6-15-4-2-3-5-16(15)12-19/h15-16,18H,2-14H2,1H3. The minimum Gasteiger partial charge on any atom is -0.381 e. The number of hydrogen-bond donors (Lipinski definition) is 1. The maximum Gasteiger partial charge on any atom is 0.0472 e. The van der Waals surface area contributed by atoms with Crippen molar-refractivity contribution in [1.29, 1.82) is 0 Å². The summed E-state index contributed by atoms with van der Waals surface area (Å²) >= 11 is 0. The Balaban J connectivity index is 1.58. The van der Waals surface area contributed by atoms with E-state index in [2.05, 4.69) is 17.3 Å². The molecular weight excluding hydrogens is 248 g/mol. The predicted molar refractivity (Wildman–Crippen MR) is 82.9 cm³/mol. The molecule has 3 nitrogen and oxygen atoms in total. The van der Waals surface area contributed by atoms with Crippen LogP contribution in [0.15, 0.2) is 0 Å². The Kier molecular flexibility index (Phi) is 5.00. The zero-order valence-electron chi connectivity index (χ0n) is 13.2. The number of ether oxygens (including phenoxy) is 1. The van der Waals surface area contributed by atoms with Crippen LogP contribution in [-0.2, 0) is 4.74 Å². The van der Waals surface area contributed by atoms with E-state index in [-0.39, 0.29) is 0 Å². The van der Waals surface area contributed by atoms with E-state index in [0.717, 1.165) is 31.6 Å². The second-order valence-electron chi connectivity index (χ2n) is 7.47. The zero-order valence-corrected chi connectivity index (χ0v) is 13.2. The molecule has 116 valence electrons. The van der Waals surface area contributed by atoms with E-state index in [1.165, 1.54) is 64.6 Å². The van der Waals surface area contributed by atoms with Gasteiger partial charge in [0.2, 0.25) is 0 Å². The molecule has 3 heteroatoms. The molecule has 0 aromatic rings. The van der Waals surface area contributed by atoms with E-state index < -0.39 is 0 Å². The molecule has 1 aliphatic carbocycles. The third-order valence-electron chi connectivity index (χ3n) is 6.04. The summed E-state index contributed by atoms with van der Waals surface area (Å²) in [6.45, 7) is 7.08. The van der Waals surface area contributed by atoms with Crippen molar-refractivity contribution in [3.05, 3.63) is 0 Å². The first-order valence-electron chi connectivity index (χ1n) is 8.76. The van der Waals surface area contributed by atoms with Crippen molar-refractivity contribution in [1.82, 2.24) is 10.2 Å². The van der Waals surface area contributed by atoms with Crippen LogP contribution in [0.1, 0.15) is 44.9 Å². The second kappa shape index (κ2) is 6.76. The van der Waals surface area contributed by atoms with E-state index in [0.29, 0.717) is 5.41 Å². The number of rotatable bonds is 4. The predicted octanol–water partition coefficient (Wildman–Crippen LogP) is 2.51. The van der Waals surface area contributed by atoms with Crippen LogP contribution in [-0.4, -0.2) is 51.3 Å². The molecule has 0 spiro atoms. The van der Waals surface area contributed by atoms with E-state index in [1.807, 2.05) is 0 Å². The second-order valence-corrected chi connectivity index (χ2v) is 7.47. The fourth-order valence-electron chi connectivity index (χ4n) is 4.86. The van der Waals surface area contributed by atoms with Gasteiger partial charge in [-0.15, -0.1) is 0 Å². The normalized spacial score (nSPS) is 34.6. The smallest absolute Gasteiger partial charge is 0.0472 e. The molecule has 0 amide bonds. The maximum atomic E-state index is 5.60. The quantitative estimate of drug-likeness (QED) is 0.856. The van der Waals surface area contributed by atoms with E-state index in [9.17, 15) is 0 Å². The molecule has 20 heavy (non-hydrogen) atoms. The lowest BCUT2D eigenvalue weighted by Crippen LogP contribution is -2.51. The van der Waals surface area contributed by atoms with Gasteiger partial charge >= 0.3 is 0 Å². The van der Waals surface area contributed by atoms with Gasteiger partial charge in [-0.2, -0.15) is 0 Å². The van der Waals surface area contributed by atoms with Crippen LogP contribution in [0.25, 0.3) is 0 Å². The average molecular weight is 280 g/mol. The van der Waals surface area contributed by atoms with E-state index >= 15 is 0 Å². The highest BCUT2D eigenvalue weighted by molar-refractivity contribution is 4.90. The molecule has 1 saturated carbocycles. The van der Waals surface area contributed by atoms with Crippen LogP contribution in [0.3, 0.4) is 0 Å². The van der Waals surface area contributed by atoms with E-state index in [4.69, 9.17) is 4.74 Å². The maximum absolute atomic E-state index is 5.60. The lowest BCUT2D eigenvalue weighted by atomic mass is 9.73. The summed E-state index contributed by atoms with van der Waals surface area (Å²) in [5.41, 5.74) is 0.467. The highest BCUT2D eigenvalue weighted by Crippen LogP contribution is 2.38. The number of nitrogens with zero attached hydrogens (tertiary/aromatic N) is 1. The molecule has 0 bridgehead atoms.